The van der Waals surface area contributed by atoms with Crippen LogP contribution in [-0.2, 0) is 16.6 Å². The van der Waals surface area contributed by atoms with Gasteiger partial charge in [-0.15, -0.1) is 13.2 Å². The molecule has 0 atom stereocenters. The summed E-state index contributed by atoms with van der Waals surface area (Å²) in [5, 5.41) is 0. The number of imidazole rings is 1. The smallest absolute Gasteiger partial charge is 0.406 e. The number of anilines is 1. The normalized spacial score (nSPS) is 12.7. The first-order valence-corrected chi connectivity index (χ1v) is 14.3. The Balaban J connectivity index is 1.96. The molecule has 1 aromatic carbocycles. The van der Waals surface area contributed by atoms with Gasteiger partial charge in [0.25, 0.3) is 0 Å². The fraction of sp³-hybridized carbons (Fsp3) is 0.519. The SMILES string of the molecule is Cc1ccn2c(C)c(N(Cc3ccc(OC(F)(F)F)cc3)S(=O)(=O)CCN(CC(C)C)CC(C)C)nc2c1. The number of aromatic nitrogens is 2. The number of rotatable bonds is 12. The van der Waals surface area contributed by atoms with E-state index in [1.54, 1.807) is 6.92 Å². The summed E-state index contributed by atoms with van der Waals surface area (Å²) in [6.07, 6.45) is -2.96. The van der Waals surface area contributed by atoms with Gasteiger partial charge in [0, 0.05) is 25.8 Å². The van der Waals surface area contributed by atoms with Crippen LogP contribution < -0.4 is 9.04 Å². The van der Waals surface area contributed by atoms with Crippen molar-refractivity contribution >= 4 is 21.5 Å². The highest BCUT2D eigenvalue weighted by molar-refractivity contribution is 7.92. The Morgan fingerprint density at radius 3 is 2.16 bits per heavy atom. The second-order valence-corrected chi connectivity index (χ2v) is 12.5. The molecule has 3 rings (SSSR count). The van der Waals surface area contributed by atoms with Gasteiger partial charge in [-0.3, -0.25) is 0 Å². The number of benzene rings is 1. The van der Waals surface area contributed by atoms with Gasteiger partial charge in [-0.1, -0.05) is 39.8 Å². The number of nitrogens with zero attached hydrogens (tertiary/aromatic N) is 4. The fourth-order valence-corrected chi connectivity index (χ4v) is 5.90. The predicted octanol–water partition coefficient (Wildman–Crippen LogP) is 5.80. The Bertz CT molecular complexity index is 1310. The van der Waals surface area contributed by atoms with Gasteiger partial charge < -0.3 is 14.0 Å². The predicted molar refractivity (Wildman–Crippen MR) is 144 cm³/mol. The van der Waals surface area contributed by atoms with Crippen LogP contribution in [0.1, 0.15) is 44.5 Å². The molecule has 2 aromatic heterocycles. The van der Waals surface area contributed by atoms with E-state index >= 15 is 0 Å². The molecule has 3 aromatic rings. The minimum atomic E-state index is -4.81. The summed E-state index contributed by atoms with van der Waals surface area (Å²) in [7, 11) is -3.85. The molecular formula is C27H37F3N4O3S. The highest BCUT2D eigenvalue weighted by atomic mass is 32.2. The first-order valence-electron chi connectivity index (χ1n) is 12.7. The number of halogens is 3. The highest BCUT2D eigenvalue weighted by Crippen LogP contribution is 2.28. The number of fused-ring (bicyclic) bond motifs is 1. The van der Waals surface area contributed by atoms with E-state index in [1.165, 1.54) is 28.6 Å². The van der Waals surface area contributed by atoms with Crippen LogP contribution in [0.3, 0.4) is 0 Å². The van der Waals surface area contributed by atoms with Crippen molar-refractivity contribution in [3.05, 3.63) is 59.4 Å². The lowest BCUT2D eigenvalue weighted by atomic mass is 10.1. The lowest BCUT2D eigenvalue weighted by Crippen LogP contribution is -2.40. The van der Waals surface area contributed by atoms with Gasteiger partial charge in [0.05, 0.1) is 18.0 Å². The largest absolute Gasteiger partial charge is 0.573 e. The average Bonchev–Trinajstić information content (AvgIpc) is 3.10. The molecule has 0 amide bonds. The molecule has 0 spiro atoms. The summed E-state index contributed by atoms with van der Waals surface area (Å²) in [5.41, 5.74) is 2.77. The second-order valence-electron chi connectivity index (χ2n) is 10.5. The summed E-state index contributed by atoms with van der Waals surface area (Å²) in [5.74, 6) is 0.579. The highest BCUT2D eigenvalue weighted by Gasteiger charge is 2.31. The van der Waals surface area contributed by atoms with E-state index in [4.69, 9.17) is 0 Å². The molecule has 7 nitrogen and oxygen atoms in total. The van der Waals surface area contributed by atoms with E-state index in [0.717, 1.165) is 18.7 Å². The van der Waals surface area contributed by atoms with Crippen LogP contribution in [-0.4, -0.2) is 54.5 Å². The minimum Gasteiger partial charge on any atom is -0.406 e. The molecule has 0 saturated heterocycles. The molecule has 11 heteroatoms. The molecule has 0 radical (unpaired) electrons. The Morgan fingerprint density at radius 1 is 1.00 bits per heavy atom. The van der Waals surface area contributed by atoms with E-state index < -0.39 is 16.4 Å². The van der Waals surface area contributed by atoms with Crippen molar-refractivity contribution in [1.82, 2.24) is 14.3 Å². The van der Waals surface area contributed by atoms with Gasteiger partial charge in [0.15, 0.2) is 5.82 Å². The molecule has 0 N–H and O–H groups in total. The monoisotopic (exact) mass is 554 g/mol. The fourth-order valence-electron chi connectivity index (χ4n) is 4.40. The average molecular weight is 555 g/mol. The van der Waals surface area contributed by atoms with Crippen molar-refractivity contribution in [3.8, 4) is 5.75 Å². The third-order valence-corrected chi connectivity index (χ3v) is 7.63. The summed E-state index contributed by atoms with van der Waals surface area (Å²) in [6.45, 7) is 14.0. The molecule has 38 heavy (non-hydrogen) atoms. The number of ether oxygens (including phenoxy) is 1. The van der Waals surface area contributed by atoms with Crippen molar-refractivity contribution in [2.24, 2.45) is 11.8 Å². The van der Waals surface area contributed by atoms with Crippen LogP contribution in [0.4, 0.5) is 19.0 Å². The van der Waals surface area contributed by atoms with Crippen molar-refractivity contribution < 1.29 is 26.3 Å². The molecule has 0 aliphatic carbocycles. The minimum absolute atomic E-state index is 0.0767. The topological polar surface area (TPSA) is 67.2 Å². The number of pyridine rings is 1. The second kappa shape index (κ2) is 11.9. The van der Waals surface area contributed by atoms with Crippen molar-refractivity contribution in [2.75, 3.05) is 29.7 Å². The van der Waals surface area contributed by atoms with E-state index in [1.807, 2.05) is 29.7 Å². The molecule has 0 bridgehead atoms. The van der Waals surface area contributed by atoms with Crippen LogP contribution >= 0.6 is 0 Å². The van der Waals surface area contributed by atoms with E-state index in [-0.39, 0.29) is 18.0 Å². The maximum Gasteiger partial charge on any atom is 0.573 e. The number of sulfonamides is 1. The Hall–Kier alpha value is -2.79. The zero-order chi connectivity index (χ0) is 28.3. The molecule has 2 heterocycles. The molecule has 0 fully saturated rings. The van der Waals surface area contributed by atoms with E-state index in [0.29, 0.717) is 41.1 Å². The van der Waals surface area contributed by atoms with Crippen molar-refractivity contribution in [1.29, 1.82) is 0 Å². The van der Waals surface area contributed by atoms with Gasteiger partial charge in [-0.05, 0) is 61.1 Å². The number of aryl methyl sites for hydroxylation is 2. The van der Waals surface area contributed by atoms with Crippen LogP contribution in [0.15, 0.2) is 42.6 Å². The maximum atomic E-state index is 13.8. The van der Waals surface area contributed by atoms with Gasteiger partial charge in [-0.2, -0.15) is 0 Å². The lowest BCUT2D eigenvalue weighted by molar-refractivity contribution is -0.274. The summed E-state index contributed by atoms with van der Waals surface area (Å²) < 4.78 is 72.5. The van der Waals surface area contributed by atoms with E-state index in [2.05, 4.69) is 42.3 Å². The molecule has 210 valence electrons. The van der Waals surface area contributed by atoms with Gasteiger partial charge in [0.2, 0.25) is 10.0 Å². The number of hydrogen-bond acceptors (Lipinski definition) is 5. The maximum absolute atomic E-state index is 13.8. The first kappa shape index (κ1) is 29.8. The zero-order valence-corrected chi connectivity index (χ0v) is 23.6. The standard InChI is InChI=1S/C27H37F3N4O3S/c1-19(2)16-32(17-20(3)4)13-14-38(35,36)34(18-23-7-9-24(10-8-23)37-27(28,29)30)26-22(6)33-12-11-21(5)15-25(33)31-26/h7-12,15,19-20H,13-14,16-18H2,1-6H3. The van der Waals surface area contributed by atoms with Crippen LogP contribution in [0.5, 0.6) is 5.75 Å². The zero-order valence-electron chi connectivity index (χ0n) is 22.8. The van der Waals surface area contributed by atoms with Crippen LogP contribution in [0.25, 0.3) is 5.65 Å². The third-order valence-electron chi connectivity index (χ3n) is 5.96. The molecule has 0 saturated carbocycles. The summed E-state index contributed by atoms with van der Waals surface area (Å²) in [6, 6.07) is 9.02. The van der Waals surface area contributed by atoms with Gasteiger partial charge in [0.1, 0.15) is 11.4 Å². The van der Waals surface area contributed by atoms with Crippen molar-refractivity contribution in [3.63, 3.8) is 0 Å². The number of alkyl halides is 3. The molecule has 0 aliphatic rings. The lowest BCUT2D eigenvalue weighted by Gasteiger charge is -2.28. The molecule has 0 unspecified atom stereocenters. The Morgan fingerprint density at radius 2 is 1.61 bits per heavy atom. The Labute approximate surface area is 223 Å². The molecule has 0 aliphatic heterocycles. The van der Waals surface area contributed by atoms with Crippen LogP contribution in [0.2, 0.25) is 0 Å². The molecular weight excluding hydrogens is 517 g/mol. The number of hydrogen-bond donors (Lipinski definition) is 0. The van der Waals surface area contributed by atoms with E-state index in [9.17, 15) is 21.6 Å². The van der Waals surface area contributed by atoms with Gasteiger partial charge >= 0.3 is 6.36 Å². The quantitative estimate of drug-likeness (QED) is 0.283. The van der Waals surface area contributed by atoms with Crippen molar-refractivity contribution in [2.45, 2.75) is 54.4 Å². The third kappa shape index (κ3) is 8.10. The summed E-state index contributed by atoms with van der Waals surface area (Å²) in [4.78, 5) is 6.81. The van der Waals surface area contributed by atoms with Gasteiger partial charge in [-0.25, -0.2) is 17.7 Å². The first-order chi connectivity index (χ1) is 17.6. The summed E-state index contributed by atoms with van der Waals surface area (Å²) >= 11 is 0. The Kier molecular flexibility index (Phi) is 9.35. The van der Waals surface area contributed by atoms with Crippen LogP contribution in [0, 0.1) is 25.7 Å².